The molecule has 32 heavy (non-hydrogen) atoms. The Hall–Kier alpha value is -1.29. The summed E-state index contributed by atoms with van der Waals surface area (Å²) >= 11 is 0. The standard InChI is InChI=1S/C20H32O12/c1-3-5-10(11(24)6-4-2)20(18(29)16(27)14(25)12(7-21)31-20)32-19(9-23)17(28)15(26)13(8-22)30-19/h3-6,10,12-18,21-23,25-29H,7-9H2,1-2H3/b5-3+,6-4+/t10?,12-,13-,14-,15-,16+,17+,18-,19?,20+/m1/s1. The van der Waals surface area contributed by atoms with Crippen LogP contribution >= 0.6 is 0 Å². The number of ketones is 1. The monoisotopic (exact) mass is 464 g/mol. The van der Waals surface area contributed by atoms with E-state index >= 15 is 0 Å². The van der Waals surface area contributed by atoms with Crippen LogP contribution in [0.25, 0.3) is 0 Å². The molecule has 0 saturated carbocycles. The summed E-state index contributed by atoms with van der Waals surface area (Å²) in [6.07, 6.45) is -7.36. The topological polar surface area (TPSA) is 207 Å². The van der Waals surface area contributed by atoms with Crippen LogP contribution in [0.15, 0.2) is 24.3 Å². The Morgan fingerprint density at radius 3 is 1.97 bits per heavy atom. The fourth-order valence-corrected chi connectivity index (χ4v) is 3.98. The third-order valence-electron chi connectivity index (χ3n) is 5.68. The van der Waals surface area contributed by atoms with E-state index in [0.717, 1.165) is 6.08 Å². The van der Waals surface area contributed by atoms with Crippen molar-refractivity contribution in [2.24, 2.45) is 5.92 Å². The summed E-state index contributed by atoms with van der Waals surface area (Å²) < 4.78 is 16.8. The molecule has 12 heteroatoms. The molecule has 2 heterocycles. The van der Waals surface area contributed by atoms with E-state index in [-0.39, 0.29) is 0 Å². The number of carbonyl (C=O) groups is 1. The van der Waals surface area contributed by atoms with Gasteiger partial charge in [-0.2, -0.15) is 0 Å². The van der Waals surface area contributed by atoms with Gasteiger partial charge in [-0.05, 0) is 19.9 Å². The van der Waals surface area contributed by atoms with Gasteiger partial charge in [0.15, 0.2) is 5.78 Å². The number of rotatable bonds is 9. The van der Waals surface area contributed by atoms with Crippen molar-refractivity contribution >= 4 is 5.78 Å². The van der Waals surface area contributed by atoms with Crippen molar-refractivity contribution in [3.05, 3.63) is 24.3 Å². The Kier molecular flexibility index (Phi) is 9.06. The summed E-state index contributed by atoms with van der Waals surface area (Å²) in [5.74, 6) is -7.33. The van der Waals surface area contributed by atoms with Crippen LogP contribution in [0.2, 0.25) is 0 Å². The number of hydrogen-bond donors (Lipinski definition) is 8. The lowest BCUT2D eigenvalue weighted by Crippen LogP contribution is -2.72. The lowest BCUT2D eigenvalue weighted by Gasteiger charge is -2.53. The average Bonchev–Trinajstić information content (AvgIpc) is 3.03. The molecule has 2 saturated heterocycles. The Morgan fingerprint density at radius 2 is 1.50 bits per heavy atom. The molecule has 0 radical (unpaired) electrons. The largest absolute Gasteiger partial charge is 0.394 e. The van der Waals surface area contributed by atoms with Crippen LogP contribution in [-0.2, 0) is 19.0 Å². The first kappa shape index (κ1) is 27.0. The summed E-state index contributed by atoms with van der Waals surface area (Å²) in [5.41, 5.74) is 0. The molecule has 184 valence electrons. The summed E-state index contributed by atoms with van der Waals surface area (Å²) in [5, 5.41) is 81.4. The summed E-state index contributed by atoms with van der Waals surface area (Å²) in [6.45, 7) is 0.348. The maximum Gasteiger partial charge on any atom is 0.224 e. The second kappa shape index (κ2) is 10.8. The first-order chi connectivity index (χ1) is 15.1. The first-order valence-electron chi connectivity index (χ1n) is 10.2. The zero-order valence-corrected chi connectivity index (χ0v) is 17.8. The molecule has 12 nitrogen and oxygen atoms in total. The molecule has 2 unspecified atom stereocenters. The van der Waals surface area contributed by atoms with Crippen LogP contribution in [0.5, 0.6) is 0 Å². The Bertz CT molecular complexity index is 696. The van der Waals surface area contributed by atoms with E-state index in [1.54, 1.807) is 13.8 Å². The predicted molar refractivity (Wildman–Crippen MR) is 106 cm³/mol. The Balaban J connectivity index is 2.69. The molecule has 2 fully saturated rings. The van der Waals surface area contributed by atoms with Crippen molar-refractivity contribution in [3.63, 3.8) is 0 Å². The molecule has 2 rings (SSSR count). The zero-order chi connectivity index (χ0) is 24.3. The van der Waals surface area contributed by atoms with Crippen LogP contribution in [0.3, 0.4) is 0 Å². The van der Waals surface area contributed by atoms with E-state index in [1.165, 1.54) is 18.2 Å². The minimum absolute atomic E-state index is 0.690. The number of ether oxygens (including phenoxy) is 3. The number of allylic oxidation sites excluding steroid dienone is 3. The highest BCUT2D eigenvalue weighted by molar-refractivity contribution is 5.93. The first-order valence-corrected chi connectivity index (χ1v) is 10.2. The quantitative estimate of drug-likeness (QED) is 0.123. The maximum atomic E-state index is 12.9. The zero-order valence-electron chi connectivity index (χ0n) is 17.8. The lowest BCUT2D eigenvalue weighted by atomic mass is 9.81. The fourth-order valence-electron chi connectivity index (χ4n) is 3.98. The molecule has 0 aliphatic carbocycles. The molecule has 0 aromatic rings. The number of carbonyl (C=O) groups excluding carboxylic acids is 1. The average molecular weight is 464 g/mol. The van der Waals surface area contributed by atoms with Crippen molar-refractivity contribution in [2.75, 3.05) is 19.8 Å². The highest BCUT2D eigenvalue weighted by Crippen LogP contribution is 2.45. The molecule has 0 bridgehead atoms. The van der Waals surface area contributed by atoms with E-state index in [1.807, 2.05) is 0 Å². The third-order valence-corrected chi connectivity index (χ3v) is 5.68. The highest BCUT2D eigenvalue weighted by atomic mass is 16.8. The molecule has 0 aromatic heterocycles. The molecule has 0 aromatic carbocycles. The number of hydrogen-bond acceptors (Lipinski definition) is 12. The number of aliphatic hydroxyl groups excluding tert-OH is 8. The van der Waals surface area contributed by atoms with Crippen LogP contribution in [0.4, 0.5) is 0 Å². The smallest absolute Gasteiger partial charge is 0.224 e. The van der Waals surface area contributed by atoms with Gasteiger partial charge in [0.25, 0.3) is 0 Å². The highest BCUT2D eigenvalue weighted by Gasteiger charge is 2.66. The number of aliphatic hydroxyl groups is 8. The van der Waals surface area contributed by atoms with Gasteiger partial charge in [0.05, 0.1) is 19.1 Å². The summed E-state index contributed by atoms with van der Waals surface area (Å²) in [4.78, 5) is 12.9. The van der Waals surface area contributed by atoms with Crippen molar-refractivity contribution in [3.8, 4) is 0 Å². The summed E-state index contributed by atoms with van der Waals surface area (Å²) in [6, 6.07) is 0. The third kappa shape index (κ3) is 4.54. The molecule has 2 aliphatic heterocycles. The van der Waals surface area contributed by atoms with Crippen LogP contribution in [0.1, 0.15) is 13.8 Å². The van der Waals surface area contributed by atoms with Crippen molar-refractivity contribution < 1.29 is 59.9 Å². The van der Waals surface area contributed by atoms with E-state index in [9.17, 15) is 45.6 Å². The fraction of sp³-hybridized carbons (Fsp3) is 0.750. The van der Waals surface area contributed by atoms with Crippen molar-refractivity contribution in [1.29, 1.82) is 0 Å². The van der Waals surface area contributed by atoms with Gasteiger partial charge in [0.2, 0.25) is 11.6 Å². The summed E-state index contributed by atoms with van der Waals surface area (Å²) in [7, 11) is 0. The van der Waals surface area contributed by atoms with E-state index in [4.69, 9.17) is 14.2 Å². The minimum atomic E-state index is -2.61. The van der Waals surface area contributed by atoms with Crippen molar-refractivity contribution in [2.45, 2.75) is 68.1 Å². The second-order valence-electron chi connectivity index (χ2n) is 7.74. The van der Waals surface area contributed by atoms with Crippen LogP contribution in [-0.4, -0.2) is 121 Å². The molecular weight excluding hydrogens is 432 g/mol. The minimum Gasteiger partial charge on any atom is -0.394 e. The predicted octanol–water partition coefficient (Wildman–Crippen LogP) is -3.69. The van der Waals surface area contributed by atoms with E-state index < -0.39 is 85.8 Å². The van der Waals surface area contributed by atoms with Gasteiger partial charge >= 0.3 is 0 Å². The molecule has 2 aliphatic rings. The molecule has 8 N–H and O–H groups in total. The molecule has 10 atom stereocenters. The van der Waals surface area contributed by atoms with Crippen LogP contribution in [0, 0.1) is 5.92 Å². The van der Waals surface area contributed by atoms with Crippen LogP contribution < -0.4 is 0 Å². The SMILES string of the molecule is C/C=C/C(=O)C(/C=C/C)[C@@]1(OC2(CO)O[C@H](CO)[C@@H](O)[C@@H]2O)O[C@H](CO)[C@@H](O)[C@H](O)[C@H]1O. The van der Waals surface area contributed by atoms with Gasteiger partial charge in [-0.15, -0.1) is 0 Å². The van der Waals surface area contributed by atoms with Crippen molar-refractivity contribution in [1.82, 2.24) is 0 Å². The lowest BCUT2D eigenvalue weighted by molar-refractivity contribution is -0.440. The molecule has 0 amide bonds. The van der Waals surface area contributed by atoms with E-state index in [2.05, 4.69) is 0 Å². The second-order valence-corrected chi connectivity index (χ2v) is 7.74. The van der Waals surface area contributed by atoms with Gasteiger partial charge < -0.3 is 55.1 Å². The van der Waals surface area contributed by atoms with Gasteiger partial charge in [-0.3, -0.25) is 4.79 Å². The Morgan fingerprint density at radius 1 is 0.906 bits per heavy atom. The molecule has 0 spiro atoms. The molecular formula is C20H32O12. The normalized spacial score (nSPS) is 43.9. The van der Waals surface area contributed by atoms with Gasteiger partial charge in [0.1, 0.15) is 49.3 Å². The van der Waals surface area contributed by atoms with Gasteiger partial charge in [-0.25, -0.2) is 0 Å². The maximum absolute atomic E-state index is 12.9. The van der Waals surface area contributed by atoms with Gasteiger partial charge in [-0.1, -0.05) is 18.2 Å². The Labute approximate surface area is 184 Å². The van der Waals surface area contributed by atoms with Gasteiger partial charge in [0, 0.05) is 0 Å². The van der Waals surface area contributed by atoms with E-state index in [0.29, 0.717) is 0 Å².